The second-order valence-electron chi connectivity index (χ2n) is 5.13. The number of rotatable bonds is 5. The number of hydrogen-bond donors (Lipinski definition) is 3. The molecule has 24 heavy (non-hydrogen) atoms. The first-order chi connectivity index (χ1) is 11.6. The highest BCUT2D eigenvalue weighted by Crippen LogP contribution is 2.28. The molecule has 124 valence electrons. The van der Waals surface area contributed by atoms with Crippen LogP contribution in [-0.2, 0) is 0 Å². The minimum atomic E-state index is -0.168. The summed E-state index contributed by atoms with van der Waals surface area (Å²) < 4.78 is 0. The Morgan fingerprint density at radius 1 is 1.17 bits per heavy atom. The summed E-state index contributed by atoms with van der Waals surface area (Å²) in [5, 5.41) is 16.2. The fourth-order valence-corrected chi connectivity index (χ4v) is 2.29. The number of anilines is 3. The van der Waals surface area contributed by atoms with Gasteiger partial charge in [0.2, 0.25) is 5.95 Å². The Balaban J connectivity index is 1.97. The summed E-state index contributed by atoms with van der Waals surface area (Å²) in [5.41, 5.74) is 1.86. The van der Waals surface area contributed by atoms with Gasteiger partial charge in [-0.3, -0.25) is 0 Å². The van der Waals surface area contributed by atoms with Gasteiger partial charge in [-0.15, -0.1) is 0 Å². The Morgan fingerprint density at radius 3 is 2.75 bits per heavy atom. The standard InChI is InChI=1S/C15H14Cl2N6O/c1-8(6-24)21-15-18-5-12-13(23-15)14(20-7-19-12)22-9-2-3-10(16)11(17)4-9/h2-5,7-8,24H,6H2,1H3,(H,18,21,23)(H,19,20,22). The van der Waals surface area contributed by atoms with E-state index in [1.54, 1.807) is 24.4 Å². The van der Waals surface area contributed by atoms with Crippen molar-refractivity contribution in [1.29, 1.82) is 0 Å². The topological polar surface area (TPSA) is 95.9 Å². The first-order valence-corrected chi connectivity index (χ1v) is 7.89. The van der Waals surface area contributed by atoms with Gasteiger partial charge in [0.05, 0.1) is 22.8 Å². The Kier molecular flexibility index (Phi) is 4.94. The van der Waals surface area contributed by atoms with Crippen molar-refractivity contribution in [3.8, 4) is 0 Å². The summed E-state index contributed by atoms with van der Waals surface area (Å²) in [6, 6.07) is 5.02. The number of nitrogens with zero attached hydrogens (tertiary/aromatic N) is 4. The van der Waals surface area contributed by atoms with E-state index in [9.17, 15) is 0 Å². The molecule has 0 amide bonds. The second kappa shape index (κ2) is 7.12. The van der Waals surface area contributed by atoms with Gasteiger partial charge >= 0.3 is 0 Å². The first kappa shape index (κ1) is 16.6. The zero-order chi connectivity index (χ0) is 17.1. The van der Waals surface area contributed by atoms with E-state index in [1.807, 2.05) is 6.92 Å². The largest absolute Gasteiger partial charge is 0.394 e. The van der Waals surface area contributed by atoms with Crippen LogP contribution in [0, 0.1) is 0 Å². The molecule has 1 aromatic carbocycles. The summed E-state index contributed by atoms with van der Waals surface area (Å²) in [6.45, 7) is 1.80. The van der Waals surface area contributed by atoms with E-state index in [4.69, 9.17) is 28.3 Å². The molecule has 3 aromatic rings. The SMILES string of the molecule is CC(CO)Nc1ncc2ncnc(Nc3ccc(Cl)c(Cl)c3)c2n1. The Labute approximate surface area is 148 Å². The van der Waals surface area contributed by atoms with Crippen molar-refractivity contribution in [2.75, 3.05) is 17.2 Å². The van der Waals surface area contributed by atoms with Crippen LogP contribution >= 0.6 is 23.2 Å². The molecular weight excluding hydrogens is 351 g/mol. The minimum Gasteiger partial charge on any atom is -0.394 e. The van der Waals surface area contributed by atoms with Crippen molar-refractivity contribution in [3.05, 3.63) is 40.8 Å². The molecular formula is C15H14Cl2N6O. The third kappa shape index (κ3) is 3.64. The number of nitrogens with one attached hydrogen (secondary N) is 2. The number of benzene rings is 1. The van der Waals surface area contributed by atoms with Crippen LogP contribution in [0.25, 0.3) is 11.0 Å². The molecule has 3 rings (SSSR count). The molecule has 9 heteroatoms. The zero-order valence-corrected chi connectivity index (χ0v) is 14.2. The van der Waals surface area contributed by atoms with Crippen LogP contribution in [0.15, 0.2) is 30.7 Å². The highest BCUT2D eigenvalue weighted by molar-refractivity contribution is 6.42. The van der Waals surface area contributed by atoms with Crippen LogP contribution in [0.3, 0.4) is 0 Å². The maximum Gasteiger partial charge on any atom is 0.223 e. The molecule has 2 heterocycles. The molecule has 1 atom stereocenters. The van der Waals surface area contributed by atoms with Gasteiger partial charge in [-0.25, -0.2) is 19.9 Å². The van der Waals surface area contributed by atoms with Crippen molar-refractivity contribution in [2.45, 2.75) is 13.0 Å². The molecule has 3 N–H and O–H groups in total. The normalized spacial score (nSPS) is 12.2. The van der Waals surface area contributed by atoms with Crippen LogP contribution in [0.2, 0.25) is 10.0 Å². The van der Waals surface area contributed by atoms with Crippen molar-refractivity contribution in [1.82, 2.24) is 19.9 Å². The molecule has 0 aliphatic heterocycles. The maximum absolute atomic E-state index is 9.13. The van der Waals surface area contributed by atoms with E-state index >= 15 is 0 Å². The van der Waals surface area contributed by atoms with Crippen molar-refractivity contribution >= 4 is 51.7 Å². The molecule has 0 aliphatic rings. The smallest absolute Gasteiger partial charge is 0.223 e. The van der Waals surface area contributed by atoms with Gasteiger partial charge in [-0.1, -0.05) is 23.2 Å². The highest BCUT2D eigenvalue weighted by atomic mass is 35.5. The minimum absolute atomic E-state index is 0.0267. The lowest BCUT2D eigenvalue weighted by Gasteiger charge is -2.12. The van der Waals surface area contributed by atoms with Gasteiger partial charge in [0.15, 0.2) is 5.82 Å². The lowest BCUT2D eigenvalue weighted by Crippen LogP contribution is -2.20. The van der Waals surface area contributed by atoms with Crippen molar-refractivity contribution < 1.29 is 5.11 Å². The van der Waals surface area contributed by atoms with Crippen LogP contribution < -0.4 is 10.6 Å². The lowest BCUT2D eigenvalue weighted by atomic mass is 10.3. The molecule has 0 bridgehead atoms. The zero-order valence-electron chi connectivity index (χ0n) is 12.7. The third-order valence-electron chi connectivity index (χ3n) is 3.21. The Bertz CT molecular complexity index is 876. The van der Waals surface area contributed by atoms with E-state index in [1.165, 1.54) is 6.33 Å². The molecule has 0 radical (unpaired) electrons. The quantitative estimate of drug-likeness (QED) is 0.639. The van der Waals surface area contributed by atoms with Crippen LogP contribution in [0.5, 0.6) is 0 Å². The molecule has 0 saturated carbocycles. The number of aromatic nitrogens is 4. The summed E-state index contributed by atoms with van der Waals surface area (Å²) >= 11 is 12.0. The van der Waals surface area contributed by atoms with Crippen LogP contribution in [0.4, 0.5) is 17.5 Å². The summed E-state index contributed by atoms with van der Waals surface area (Å²) in [7, 11) is 0. The summed E-state index contributed by atoms with van der Waals surface area (Å²) in [4.78, 5) is 17.0. The molecule has 0 saturated heterocycles. The molecule has 1 unspecified atom stereocenters. The van der Waals surface area contributed by atoms with Crippen molar-refractivity contribution in [3.63, 3.8) is 0 Å². The number of halogens is 2. The predicted octanol–water partition coefficient (Wildman–Crippen LogP) is 3.26. The van der Waals surface area contributed by atoms with E-state index in [-0.39, 0.29) is 12.6 Å². The average Bonchev–Trinajstić information content (AvgIpc) is 2.58. The van der Waals surface area contributed by atoms with Gasteiger partial charge in [-0.2, -0.15) is 0 Å². The molecule has 0 spiro atoms. The Morgan fingerprint density at radius 2 is 2.00 bits per heavy atom. The molecule has 0 aliphatic carbocycles. The predicted molar refractivity (Wildman–Crippen MR) is 95.0 cm³/mol. The summed E-state index contributed by atoms with van der Waals surface area (Å²) in [6.07, 6.45) is 3.02. The van der Waals surface area contributed by atoms with Gasteiger partial charge in [-0.05, 0) is 25.1 Å². The lowest BCUT2D eigenvalue weighted by molar-refractivity contribution is 0.281. The highest BCUT2D eigenvalue weighted by Gasteiger charge is 2.10. The maximum atomic E-state index is 9.13. The van der Waals surface area contributed by atoms with Gasteiger partial charge in [0, 0.05) is 11.7 Å². The molecule has 2 aromatic heterocycles. The van der Waals surface area contributed by atoms with Crippen LogP contribution in [0.1, 0.15) is 6.92 Å². The monoisotopic (exact) mass is 364 g/mol. The van der Waals surface area contributed by atoms with E-state index in [0.29, 0.717) is 32.8 Å². The molecule has 0 fully saturated rings. The summed E-state index contributed by atoms with van der Waals surface area (Å²) in [5.74, 6) is 0.900. The number of fused-ring (bicyclic) bond motifs is 1. The third-order valence-corrected chi connectivity index (χ3v) is 3.95. The van der Waals surface area contributed by atoms with Crippen molar-refractivity contribution in [2.24, 2.45) is 0 Å². The first-order valence-electron chi connectivity index (χ1n) is 7.14. The fraction of sp³-hybridized carbons (Fsp3) is 0.200. The van der Waals surface area contributed by atoms with Crippen LogP contribution in [-0.4, -0.2) is 37.7 Å². The Hall–Kier alpha value is -2.22. The number of aliphatic hydroxyl groups is 1. The average molecular weight is 365 g/mol. The van der Waals surface area contributed by atoms with E-state index < -0.39 is 0 Å². The van der Waals surface area contributed by atoms with E-state index in [2.05, 4.69) is 30.6 Å². The van der Waals surface area contributed by atoms with Gasteiger partial charge in [0.1, 0.15) is 17.4 Å². The number of hydrogen-bond acceptors (Lipinski definition) is 7. The van der Waals surface area contributed by atoms with Gasteiger partial charge < -0.3 is 15.7 Å². The van der Waals surface area contributed by atoms with E-state index in [0.717, 1.165) is 5.69 Å². The number of aliphatic hydroxyl groups excluding tert-OH is 1. The molecule has 7 nitrogen and oxygen atoms in total. The fourth-order valence-electron chi connectivity index (χ4n) is 1.99. The van der Waals surface area contributed by atoms with Gasteiger partial charge in [0.25, 0.3) is 0 Å². The second-order valence-corrected chi connectivity index (χ2v) is 5.95.